The number of hydrogen-bond donors (Lipinski definition) is 0. The predicted octanol–water partition coefficient (Wildman–Crippen LogP) is 3.14. The number of aromatic nitrogens is 2. The van der Waals surface area contributed by atoms with Gasteiger partial charge in [0.25, 0.3) is 0 Å². The molecule has 1 saturated heterocycles. The topological polar surface area (TPSA) is 38.3 Å². The summed E-state index contributed by atoms with van der Waals surface area (Å²) in [5.74, 6) is -0.825. The van der Waals surface area contributed by atoms with Crippen molar-refractivity contribution in [1.29, 1.82) is 0 Å². The van der Waals surface area contributed by atoms with Crippen LogP contribution in [0.25, 0.3) is 0 Å². The largest absolute Gasteiger partial charge is 0.481 e. The summed E-state index contributed by atoms with van der Waals surface area (Å²) in [6.07, 6.45) is 4.82. The number of nitrogens with zero attached hydrogens (tertiary/aromatic N) is 3. The van der Waals surface area contributed by atoms with Crippen molar-refractivity contribution in [2.24, 2.45) is 0 Å². The molecule has 1 aromatic carbocycles. The zero-order valence-electron chi connectivity index (χ0n) is 13.0. The van der Waals surface area contributed by atoms with Crippen LogP contribution in [-0.2, 0) is 6.54 Å². The van der Waals surface area contributed by atoms with Crippen molar-refractivity contribution >= 4 is 0 Å². The van der Waals surface area contributed by atoms with E-state index in [1.54, 1.807) is 25.4 Å². The normalized spacial score (nSPS) is 16.5. The van der Waals surface area contributed by atoms with Crippen molar-refractivity contribution in [1.82, 2.24) is 14.9 Å². The summed E-state index contributed by atoms with van der Waals surface area (Å²) in [4.78, 5) is 10.4. The molecule has 0 saturated carbocycles. The van der Waals surface area contributed by atoms with E-state index in [0.29, 0.717) is 18.0 Å². The Labute approximate surface area is 134 Å². The fourth-order valence-electron chi connectivity index (χ4n) is 3.12. The van der Waals surface area contributed by atoms with E-state index in [4.69, 9.17) is 4.74 Å². The number of rotatable bonds is 4. The van der Waals surface area contributed by atoms with Crippen molar-refractivity contribution in [3.05, 3.63) is 53.5 Å². The third kappa shape index (κ3) is 3.47. The Morgan fingerprint density at radius 3 is 2.78 bits per heavy atom. The van der Waals surface area contributed by atoms with Gasteiger partial charge in [0.15, 0.2) is 11.6 Å². The molecule has 23 heavy (non-hydrogen) atoms. The van der Waals surface area contributed by atoms with Gasteiger partial charge in [0.05, 0.1) is 7.11 Å². The first-order valence-corrected chi connectivity index (χ1v) is 7.68. The molecule has 1 aliphatic rings. The number of piperidine rings is 1. The smallest absolute Gasteiger partial charge is 0.220 e. The van der Waals surface area contributed by atoms with Crippen LogP contribution < -0.4 is 4.74 Å². The van der Waals surface area contributed by atoms with E-state index in [-0.39, 0.29) is 5.92 Å². The first-order valence-electron chi connectivity index (χ1n) is 7.68. The van der Waals surface area contributed by atoms with Crippen LogP contribution in [0.2, 0.25) is 0 Å². The minimum Gasteiger partial charge on any atom is -0.481 e. The van der Waals surface area contributed by atoms with Crippen LogP contribution in [0.15, 0.2) is 30.7 Å². The number of likely N-dealkylation sites (tertiary alicyclic amines) is 1. The Morgan fingerprint density at radius 1 is 1.26 bits per heavy atom. The van der Waals surface area contributed by atoms with Gasteiger partial charge in [0.2, 0.25) is 5.88 Å². The first kappa shape index (κ1) is 15.8. The molecule has 0 unspecified atom stereocenters. The molecule has 122 valence electrons. The Bertz CT molecular complexity index is 673. The minimum absolute atomic E-state index is 0.0656. The van der Waals surface area contributed by atoms with Crippen LogP contribution in [-0.4, -0.2) is 35.1 Å². The van der Waals surface area contributed by atoms with Gasteiger partial charge < -0.3 is 4.74 Å². The highest BCUT2D eigenvalue weighted by Gasteiger charge is 2.24. The number of ether oxygens (including phenoxy) is 1. The molecule has 6 heteroatoms. The standard InChI is InChI=1S/C17H19F2N3O/c1-23-17-13(9-20-11-21-17)10-22-7-5-12(6-8-22)14-3-2-4-15(18)16(14)19/h2-4,9,11-12H,5-8,10H2,1H3. The molecule has 1 aliphatic heterocycles. The van der Waals surface area contributed by atoms with Gasteiger partial charge in [0.1, 0.15) is 6.33 Å². The van der Waals surface area contributed by atoms with Gasteiger partial charge in [-0.25, -0.2) is 18.7 Å². The molecular weight excluding hydrogens is 300 g/mol. The van der Waals surface area contributed by atoms with Crippen molar-refractivity contribution in [3.63, 3.8) is 0 Å². The van der Waals surface area contributed by atoms with E-state index >= 15 is 0 Å². The maximum absolute atomic E-state index is 13.9. The second-order valence-electron chi connectivity index (χ2n) is 5.75. The average Bonchev–Trinajstić information content (AvgIpc) is 2.59. The van der Waals surface area contributed by atoms with Crippen LogP contribution in [0.4, 0.5) is 8.78 Å². The van der Waals surface area contributed by atoms with Gasteiger partial charge in [-0.2, -0.15) is 0 Å². The molecule has 0 spiro atoms. The summed E-state index contributed by atoms with van der Waals surface area (Å²) in [7, 11) is 1.59. The van der Waals surface area contributed by atoms with Crippen molar-refractivity contribution in [2.45, 2.75) is 25.3 Å². The highest BCUT2D eigenvalue weighted by Crippen LogP contribution is 2.31. The summed E-state index contributed by atoms with van der Waals surface area (Å²) >= 11 is 0. The van der Waals surface area contributed by atoms with Crippen LogP contribution in [0.5, 0.6) is 5.88 Å². The summed E-state index contributed by atoms with van der Waals surface area (Å²) in [5, 5.41) is 0. The molecule has 0 amide bonds. The quantitative estimate of drug-likeness (QED) is 0.868. The summed E-state index contributed by atoms with van der Waals surface area (Å²) in [6.45, 7) is 2.33. The lowest BCUT2D eigenvalue weighted by atomic mass is 9.89. The molecule has 1 fully saturated rings. The van der Waals surface area contributed by atoms with Gasteiger partial charge in [-0.15, -0.1) is 0 Å². The summed E-state index contributed by atoms with van der Waals surface area (Å²) in [6, 6.07) is 4.43. The average molecular weight is 319 g/mol. The highest BCUT2D eigenvalue weighted by molar-refractivity contribution is 5.24. The summed E-state index contributed by atoms with van der Waals surface area (Å²) < 4.78 is 32.5. The van der Waals surface area contributed by atoms with Gasteiger partial charge in [-0.05, 0) is 43.5 Å². The number of benzene rings is 1. The fourth-order valence-corrected chi connectivity index (χ4v) is 3.12. The van der Waals surface area contributed by atoms with Crippen LogP contribution in [0.1, 0.15) is 29.9 Å². The lowest BCUT2D eigenvalue weighted by Crippen LogP contribution is -2.33. The van der Waals surface area contributed by atoms with Gasteiger partial charge in [-0.3, -0.25) is 4.90 Å². The molecule has 0 bridgehead atoms. The molecule has 2 heterocycles. The van der Waals surface area contributed by atoms with Crippen LogP contribution >= 0.6 is 0 Å². The molecule has 2 aromatic rings. The monoisotopic (exact) mass is 319 g/mol. The molecule has 0 aliphatic carbocycles. The Balaban J connectivity index is 1.63. The highest BCUT2D eigenvalue weighted by atomic mass is 19.2. The summed E-state index contributed by atoms with van der Waals surface area (Å²) in [5.41, 5.74) is 1.43. The van der Waals surface area contributed by atoms with E-state index in [2.05, 4.69) is 14.9 Å². The van der Waals surface area contributed by atoms with Crippen LogP contribution in [0.3, 0.4) is 0 Å². The first-order chi connectivity index (χ1) is 11.2. The number of hydrogen-bond acceptors (Lipinski definition) is 4. The predicted molar refractivity (Wildman–Crippen MR) is 82.2 cm³/mol. The Hall–Kier alpha value is -2.08. The van der Waals surface area contributed by atoms with E-state index in [1.165, 1.54) is 6.33 Å². The maximum Gasteiger partial charge on any atom is 0.220 e. The lowest BCUT2D eigenvalue weighted by molar-refractivity contribution is 0.199. The van der Waals surface area contributed by atoms with Gasteiger partial charge in [0, 0.05) is 18.3 Å². The third-order valence-corrected chi connectivity index (χ3v) is 4.34. The molecule has 1 aromatic heterocycles. The van der Waals surface area contributed by atoms with Gasteiger partial charge >= 0.3 is 0 Å². The van der Waals surface area contributed by atoms with E-state index in [9.17, 15) is 8.78 Å². The van der Waals surface area contributed by atoms with E-state index < -0.39 is 11.6 Å². The molecule has 0 radical (unpaired) electrons. The molecule has 3 rings (SSSR count). The molecule has 0 N–H and O–H groups in total. The van der Waals surface area contributed by atoms with Gasteiger partial charge in [-0.1, -0.05) is 12.1 Å². The second-order valence-corrected chi connectivity index (χ2v) is 5.75. The third-order valence-electron chi connectivity index (χ3n) is 4.34. The van der Waals surface area contributed by atoms with Crippen molar-refractivity contribution in [3.8, 4) is 5.88 Å². The lowest BCUT2D eigenvalue weighted by Gasteiger charge is -2.32. The zero-order valence-corrected chi connectivity index (χ0v) is 13.0. The number of methoxy groups -OCH3 is 1. The minimum atomic E-state index is -0.767. The van der Waals surface area contributed by atoms with Crippen LogP contribution in [0, 0.1) is 11.6 Å². The second kappa shape index (κ2) is 7.00. The SMILES string of the molecule is COc1ncncc1CN1CCC(c2cccc(F)c2F)CC1. The molecule has 4 nitrogen and oxygen atoms in total. The molecular formula is C17H19F2N3O. The Morgan fingerprint density at radius 2 is 2.04 bits per heavy atom. The Kier molecular flexibility index (Phi) is 4.81. The number of halogens is 2. The van der Waals surface area contributed by atoms with E-state index in [1.807, 2.05) is 0 Å². The molecule has 0 atom stereocenters. The van der Waals surface area contributed by atoms with Crippen molar-refractivity contribution < 1.29 is 13.5 Å². The van der Waals surface area contributed by atoms with E-state index in [0.717, 1.165) is 37.6 Å². The van der Waals surface area contributed by atoms with Crippen molar-refractivity contribution in [2.75, 3.05) is 20.2 Å². The zero-order chi connectivity index (χ0) is 16.2. The fraction of sp³-hybridized carbons (Fsp3) is 0.412. The maximum atomic E-state index is 13.9.